The highest BCUT2D eigenvalue weighted by Gasteiger charge is 2.51. The smallest absolute Gasteiger partial charge is 0.217 e. The Labute approximate surface area is 161 Å². The molecule has 12 heteroatoms. The molecular formula is C16H29NO11. The Morgan fingerprint density at radius 2 is 1.61 bits per heavy atom. The number of aliphatic hydroxyl groups is 5. The standard InChI is InChI=1S/C16H29NO11/c1-6(19)17-9-11(21)14(8(5-24-2)27-15(9)25-3)28-16-13(23)12(22)10(20)7(4-18)26-16/h7-16,18,20-23H,4-5H2,1-3H3,(H,17,19). The molecule has 2 aliphatic heterocycles. The Morgan fingerprint density at radius 3 is 2.14 bits per heavy atom. The average Bonchev–Trinajstić information content (AvgIpc) is 2.66. The first-order chi connectivity index (χ1) is 13.2. The molecule has 10 atom stereocenters. The fourth-order valence-corrected chi connectivity index (χ4v) is 3.31. The van der Waals surface area contributed by atoms with Gasteiger partial charge in [-0.05, 0) is 0 Å². The molecule has 28 heavy (non-hydrogen) atoms. The van der Waals surface area contributed by atoms with Crippen LogP contribution in [0.5, 0.6) is 0 Å². The van der Waals surface area contributed by atoms with Gasteiger partial charge in [0.25, 0.3) is 0 Å². The van der Waals surface area contributed by atoms with Gasteiger partial charge < -0.3 is 54.5 Å². The molecule has 0 spiro atoms. The van der Waals surface area contributed by atoms with E-state index in [-0.39, 0.29) is 6.61 Å². The molecule has 0 saturated carbocycles. The summed E-state index contributed by atoms with van der Waals surface area (Å²) in [5.74, 6) is -0.438. The molecular weight excluding hydrogens is 382 g/mol. The SMILES string of the molecule is COCC1OC(OC)C(NC(C)=O)C(O)C1OC1OC(CO)C(O)C(O)C1O. The number of aliphatic hydroxyl groups excluding tert-OH is 5. The Bertz CT molecular complexity index is 507. The second kappa shape index (κ2) is 10.2. The maximum absolute atomic E-state index is 11.5. The molecule has 2 fully saturated rings. The second-order valence-electron chi connectivity index (χ2n) is 6.75. The Kier molecular flexibility index (Phi) is 8.51. The van der Waals surface area contributed by atoms with Gasteiger partial charge in [0.15, 0.2) is 12.6 Å². The lowest BCUT2D eigenvalue weighted by molar-refractivity contribution is -0.347. The van der Waals surface area contributed by atoms with E-state index < -0.39 is 73.9 Å². The largest absolute Gasteiger partial charge is 0.394 e. The van der Waals surface area contributed by atoms with Crippen LogP contribution in [0, 0.1) is 0 Å². The normalized spacial score (nSPS) is 44.3. The van der Waals surface area contributed by atoms with Gasteiger partial charge in [-0.3, -0.25) is 4.79 Å². The molecule has 0 aliphatic carbocycles. The highest BCUT2D eigenvalue weighted by Crippen LogP contribution is 2.29. The fraction of sp³-hybridized carbons (Fsp3) is 0.938. The predicted octanol–water partition coefficient (Wildman–Crippen LogP) is -3.95. The molecule has 2 aliphatic rings. The van der Waals surface area contributed by atoms with Crippen molar-refractivity contribution < 1.29 is 54.0 Å². The minimum Gasteiger partial charge on any atom is -0.394 e. The van der Waals surface area contributed by atoms with Crippen molar-refractivity contribution in [3.63, 3.8) is 0 Å². The maximum Gasteiger partial charge on any atom is 0.217 e. The van der Waals surface area contributed by atoms with Gasteiger partial charge in [0, 0.05) is 21.1 Å². The van der Waals surface area contributed by atoms with Crippen molar-refractivity contribution in [1.29, 1.82) is 0 Å². The number of nitrogens with one attached hydrogen (secondary N) is 1. The summed E-state index contributed by atoms with van der Waals surface area (Å²) in [5, 5.41) is 52.6. The number of hydrogen-bond acceptors (Lipinski definition) is 11. The number of amides is 1. The van der Waals surface area contributed by atoms with Crippen LogP contribution in [-0.2, 0) is 28.5 Å². The van der Waals surface area contributed by atoms with Crippen molar-refractivity contribution in [1.82, 2.24) is 5.32 Å². The Hall–Kier alpha value is -0.930. The predicted molar refractivity (Wildman–Crippen MR) is 89.8 cm³/mol. The monoisotopic (exact) mass is 411 g/mol. The number of carbonyl (C=O) groups excluding carboxylic acids is 1. The van der Waals surface area contributed by atoms with Crippen molar-refractivity contribution in [3.8, 4) is 0 Å². The minimum atomic E-state index is -1.66. The topological polar surface area (TPSA) is 176 Å². The zero-order valence-corrected chi connectivity index (χ0v) is 15.9. The Balaban J connectivity index is 2.22. The summed E-state index contributed by atoms with van der Waals surface area (Å²) in [6.45, 7) is 0.607. The van der Waals surface area contributed by atoms with Crippen LogP contribution in [0.1, 0.15) is 6.92 Å². The summed E-state index contributed by atoms with van der Waals surface area (Å²) in [6.07, 6.45) is -11.9. The molecule has 0 aromatic carbocycles. The Morgan fingerprint density at radius 1 is 0.964 bits per heavy atom. The molecule has 0 radical (unpaired) electrons. The van der Waals surface area contributed by atoms with Crippen molar-refractivity contribution in [2.24, 2.45) is 0 Å². The van der Waals surface area contributed by atoms with Crippen molar-refractivity contribution in [2.45, 2.75) is 68.3 Å². The van der Waals surface area contributed by atoms with Crippen molar-refractivity contribution >= 4 is 5.91 Å². The number of rotatable bonds is 7. The van der Waals surface area contributed by atoms with E-state index in [0.29, 0.717) is 0 Å². The third-order valence-corrected chi connectivity index (χ3v) is 4.75. The molecule has 0 aromatic rings. The molecule has 10 unspecified atom stereocenters. The lowest BCUT2D eigenvalue weighted by Gasteiger charge is -2.47. The van der Waals surface area contributed by atoms with Gasteiger partial charge in [-0.2, -0.15) is 0 Å². The molecule has 12 nitrogen and oxygen atoms in total. The van der Waals surface area contributed by atoms with Gasteiger partial charge in [0.1, 0.15) is 48.8 Å². The zero-order valence-electron chi connectivity index (χ0n) is 15.9. The van der Waals surface area contributed by atoms with Gasteiger partial charge in [-0.15, -0.1) is 0 Å². The highest BCUT2D eigenvalue weighted by atomic mass is 16.7. The van der Waals surface area contributed by atoms with Crippen LogP contribution in [0.4, 0.5) is 0 Å². The van der Waals surface area contributed by atoms with Crippen molar-refractivity contribution in [2.75, 3.05) is 27.4 Å². The van der Waals surface area contributed by atoms with Gasteiger partial charge in [0.2, 0.25) is 5.91 Å². The highest BCUT2D eigenvalue weighted by molar-refractivity contribution is 5.73. The van der Waals surface area contributed by atoms with E-state index >= 15 is 0 Å². The molecule has 2 heterocycles. The summed E-state index contributed by atoms with van der Waals surface area (Å²) in [7, 11) is 2.75. The van der Waals surface area contributed by atoms with Crippen LogP contribution in [0.15, 0.2) is 0 Å². The van der Waals surface area contributed by atoms with E-state index in [1.54, 1.807) is 0 Å². The van der Waals surface area contributed by atoms with Crippen LogP contribution < -0.4 is 5.32 Å². The first-order valence-corrected chi connectivity index (χ1v) is 8.83. The van der Waals surface area contributed by atoms with Gasteiger partial charge in [0.05, 0.1) is 13.2 Å². The first-order valence-electron chi connectivity index (χ1n) is 8.83. The van der Waals surface area contributed by atoms with Crippen molar-refractivity contribution in [3.05, 3.63) is 0 Å². The molecule has 2 saturated heterocycles. The van der Waals surface area contributed by atoms with E-state index in [1.807, 2.05) is 0 Å². The summed E-state index contributed by atoms with van der Waals surface area (Å²) in [5.41, 5.74) is 0. The van der Waals surface area contributed by atoms with E-state index in [1.165, 1.54) is 21.1 Å². The fourth-order valence-electron chi connectivity index (χ4n) is 3.31. The van der Waals surface area contributed by atoms with E-state index in [4.69, 9.17) is 23.7 Å². The number of carbonyl (C=O) groups is 1. The van der Waals surface area contributed by atoms with E-state index in [9.17, 15) is 30.3 Å². The summed E-state index contributed by atoms with van der Waals surface area (Å²) < 4.78 is 26.9. The molecule has 2 rings (SSSR count). The molecule has 164 valence electrons. The molecule has 0 aromatic heterocycles. The minimum absolute atomic E-state index is 0.0220. The van der Waals surface area contributed by atoms with Gasteiger partial charge in [-0.1, -0.05) is 0 Å². The first kappa shape index (κ1) is 23.3. The third-order valence-electron chi connectivity index (χ3n) is 4.75. The summed E-state index contributed by atoms with van der Waals surface area (Å²) in [4.78, 5) is 11.5. The number of ether oxygens (including phenoxy) is 5. The van der Waals surface area contributed by atoms with Crippen LogP contribution in [0.2, 0.25) is 0 Å². The van der Waals surface area contributed by atoms with E-state index in [2.05, 4.69) is 5.32 Å². The average molecular weight is 411 g/mol. The van der Waals surface area contributed by atoms with Gasteiger partial charge in [-0.25, -0.2) is 0 Å². The van der Waals surface area contributed by atoms with Crippen LogP contribution in [-0.4, -0.2) is 120 Å². The maximum atomic E-state index is 11.5. The number of hydrogen-bond donors (Lipinski definition) is 6. The molecule has 0 bridgehead atoms. The zero-order chi connectivity index (χ0) is 21.0. The quantitative estimate of drug-likeness (QED) is 0.241. The molecule has 1 amide bonds. The lowest BCUT2D eigenvalue weighted by Crippen LogP contribution is -2.67. The molecule has 6 N–H and O–H groups in total. The second-order valence-corrected chi connectivity index (χ2v) is 6.75. The van der Waals surface area contributed by atoms with Crippen LogP contribution in [0.3, 0.4) is 0 Å². The van der Waals surface area contributed by atoms with Crippen LogP contribution in [0.25, 0.3) is 0 Å². The third kappa shape index (κ3) is 4.97. The van der Waals surface area contributed by atoms with Crippen LogP contribution >= 0.6 is 0 Å². The lowest BCUT2D eigenvalue weighted by atomic mass is 9.95. The van der Waals surface area contributed by atoms with Gasteiger partial charge >= 0.3 is 0 Å². The summed E-state index contributed by atoms with van der Waals surface area (Å²) >= 11 is 0. The van der Waals surface area contributed by atoms with E-state index in [0.717, 1.165) is 0 Å². The summed E-state index contributed by atoms with van der Waals surface area (Å²) in [6, 6.07) is -0.995. The number of methoxy groups -OCH3 is 2.